The molecule has 3 atom stereocenters. The minimum absolute atomic E-state index is 0. The Morgan fingerprint density at radius 1 is 0.512 bits per heavy atom. The lowest BCUT2D eigenvalue weighted by molar-refractivity contribution is 0.0765. The summed E-state index contributed by atoms with van der Waals surface area (Å²) < 4.78 is 82.8. The summed E-state index contributed by atoms with van der Waals surface area (Å²) in [5, 5.41) is 0.149. The van der Waals surface area contributed by atoms with Crippen molar-refractivity contribution in [3.63, 3.8) is 0 Å². The Balaban J connectivity index is 0.000000145. The second kappa shape index (κ2) is 22.8. The molecule has 6 aromatic heterocycles. The molecule has 12 rings (SSSR count). The first-order valence-corrected chi connectivity index (χ1v) is 27.4. The maximum Gasteiger partial charge on any atom is 0.258 e. The van der Waals surface area contributed by atoms with Crippen LogP contribution in [0.3, 0.4) is 0 Å². The van der Waals surface area contributed by atoms with E-state index in [1.54, 1.807) is 123 Å². The number of carbonyl (C=O) groups is 3. The number of aromatic nitrogens is 6. The summed E-state index contributed by atoms with van der Waals surface area (Å²) in [6.45, 7) is 0. The molecule has 80 heavy (non-hydrogen) atoms. The molecule has 3 aliphatic heterocycles. The van der Waals surface area contributed by atoms with Gasteiger partial charge < -0.3 is 33.7 Å². The molecule has 0 fully saturated rings. The third kappa shape index (κ3) is 10.7. The van der Waals surface area contributed by atoms with E-state index in [1.807, 2.05) is 6.26 Å². The van der Waals surface area contributed by atoms with Crippen molar-refractivity contribution in [2.24, 2.45) is 0 Å². The Hall–Kier alpha value is -8.96. The Morgan fingerprint density at radius 2 is 0.863 bits per heavy atom. The van der Waals surface area contributed by atoms with Crippen LogP contribution in [-0.2, 0) is 29.1 Å². The van der Waals surface area contributed by atoms with E-state index in [9.17, 15) is 36.0 Å². The molecule has 0 bridgehead atoms. The molecule has 18 nitrogen and oxygen atoms in total. The molecule has 2 N–H and O–H groups in total. The number of amides is 3. The molecule has 3 aliphatic rings. The van der Waals surface area contributed by atoms with Gasteiger partial charge in [-0.3, -0.25) is 14.4 Å². The number of thioether (sulfide) groups is 1. The van der Waals surface area contributed by atoms with Gasteiger partial charge in [-0.2, -0.15) is 0 Å². The van der Waals surface area contributed by atoms with E-state index in [0.29, 0.717) is 80.1 Å². The lowest BCUT2D eigenvalue weighted by Crippen LogP contribution is -2.25. The molecule has 0 saturated heterocycles. The summed E-state index contributed by atoms with van der Waals surface area (Å²) >= 11 is 1.39. The largest absolute Gasteiger partial charge is 0.463 e. The van der Waals surface area contributed by atoms with Gasteiger partial charge in [0.2, 0.25) is 20.9 Å². The quantitative estimate of drug-likeness (QED) is 0.0936. The molecule has 3 unspecified atom stereocenters. The fourth-order valence-electron chi connectivity index (χ4n) is 9.62. The number of benzene rings is 3. The highest BCUT2D eigenvalue weighted by atomic mass is 32.2. The monoisotopic (exact) mass is 1120 g/mol. The molecule has 0 saturated carbocycles. The van der Waals surface area contributed by atoms with Crippen LogP contribution in [0.4, 0.5) is 19.1 Å². The number of halogens is 3. The average molecular weight is 1130 g/mol. The predicted molar refractivity (Wildman–Crippen MR) is 290 cm³/mol. The van der Waals surface area contributed by atoms with Crippen molar-refractivity contribution >= 4 is 45.3 Å². The first-order chi connectivity index (χ1) is 37.9. The van der Waals surface area contributed by atoms with Gasteiger partial charge in [0.15, 0.2) is 22.4 Å². The van der Waals surface area contributed by atoms with Gasteiger partial charge in [-0.1, -0.05) is 73.8 Å². The van der Waals surface area contributed by atoms with Crippen molar-refractivity contribution in [1.82, 2.24) is 44.6 Å². The van der Waals surface area contributed by atoms with Crippen molar-refractivity contribution in [3.8, 4) is 34.4 Å². The van der Waals surface area contributed by atoms with E-state index < -0.39 is 32.9 Å². The molecule has 9 heterocycles. The number of sulfone groups is 1. The van der Waals surface area contributed by atoms with E-state index in [0.717, 1.165) is 6.26 Å². The van der Waals surface area contributed by atoms with Crippen molar-refractivity contribution in [2.75, 3.05) is 39.4 Å². The molecule has 23 heteroatoms. The maximum atomic E-state index is 14.2. The highest BCUT2D eigenvalue weighted by Crippen LogP contribution is 2.42. The van der Waals surface area contributed by atoms with Crippen LogP contribution in [0.25, 0.3) is 34.4 Å². The third-order valence-corrected chi connectivity index (χ3v) is 15.0. The number of nitrogens with two attached hydrogens (primary N) is 1. The minimum atomic E-state index is -3.75. The van der Waals surface area contributed by atoms with Crippen molar-refractivity contribution < 1.29 is 49.2 Å². The normalized spacial score (nSPS) is 16.1. The molecular weight excluding hydrogens is 1070 g/mol. The Kier molecular flexibility index (Phi) is 15.9. The number of anilines is 1. The zero-order valence-corrected chi connectivity index (χ0v) is 44.4. The SMILES string of the molecule is C.CN1C(=O)c2c(-c3ccco3)nc(N)nc2C1Cc1ccccc1F.CN1C(=O)c2c(-c3ccco3)nc(S(C)(=O)=O)nc2C1Cc1ccccc1F.CSc1nc(-c2ccco2)c2c(n1)C(Cc1ccccc1F)N(C)C2=O. The molecular formula is C57H51F3N10O8S2. The van der Waals surface area contributed by atoms with Crippen LogP contribution in [-0.4, -0.2) is 104 Å². The van der Waals surface area contributed by atoms with E-state index in [-0.39, 0.29) is 77.9 Å². The van der Waals surface area contributed by atoms with Crippen LogP contribution in [0.15, 0.2) is 152 Å². The second-order valence-corrected chi connectivity index (χ2v) is 21.2. The van der Waals surface area contributed by atoms with Gasteiger partial charge in [0, 0.05) is 46.7 Å². The number of likely N-dealkylation sites (N-methyl/N-ethyl adjacent to an activating group) is 3. The smallest absolute Gasteiger partial charge is 0.258 e. The third-order valence-electron chi connectivity index (χ3n) is 13.6. The number of nitrogens with zero attached hydrogens (tertiary/aromatic N) is 9. The van der Waals surface area contributed by atoms with Crippen LogP contribution < -0.4 is 5.73 Å². The molecule has 3 aromatic carbocycles. The van der Waals surface area contributed by atoms with Gasteiger partial charge in [0.25, 0.3) is 17.7 Å². The van der Waals surface area contributed by atoms with Crippen LogP contribution in [0.2, 0.25) is 0 Å². The molecule has 0 aliphatic carbocycles. The number of rotatable bonds is 11. The summed E-state index contributed by atoms with van der Waals surface area (Å²) in [4.78, 5) is 68.9. The predicted octanol–water partition coefficient (Wildman–Crippen LogP) is 10.1. The van der Waals surface area contributed by atoms with Gasteiger partial charge >= 0.3 is 0 Å². The van der Waals surface area contributed by atoms with E-state index in [4.69, 9.17) is 19.0 Å². The van der Waals surface area contributed by atoms with Gasteiger partial charge in [0.1, 0.15) is 34.5 Å². The van der Waals surface area contributed by atoms with Gasteiger partial charge in [-0.25, -0.2) is 51.5 Å². The van der Waals surface area contributed by atoms with E-state index >= 15 is 0 Å². The van der Waals surface area contributed by atoms with Crippen LogP contribution in [0.1, 0.15) is 90.4 Å². The zero-order valence-electron chi connectivity index (χ0n) is 42.8. The Labute approximate surface area is 461 Å². The first kappa shape index (κ1) is 55.8. The van der Waals surface area contributed by atoms with Crippen LogP contribution >= 0.6 is 11.8 Å². The highest BCUT2D eigenvalue weighted by molar-refractivity contribution is 7.98. The fourth-order valence-corrected chi connectivity index (χ4v) is 10.5. The van der Waals surface area contributed by atoms with Crippen LogP contribution in [0, 0.1) is 17.5 Å². The highest BCUT2D eigenvalue weighted by Gasteiger charge is 2.43. The summed E-state index contributed by atoms with van der Waals surface area (Å²) in [7, 11) is 1.20. The summed E-state index contributed by atoms with van der Waals surface area (Å²) in [6.07, 6.45) is 8.12. The van der Waals surface area contributed by atoms with Gasteiger partial charge in [0.05, 0.1) is 70.7 Å². The van der Waals surface area contributed by atoms with Crippen molar-refractivity contribution in [1.29, 1.82) is 0 Å². The lowest BCUT2D eigenvalue weighted by Gasteiger charge is -2.20. The fraction of sp³-hybridized carbons (Fsp3) is 0.211. The molecule has 410 valence electrons. The number of hydrogen-bond donors (Lipinski definition) is 1. The minimum Gasteiger partial charge on any atom is -0.463 e. The second-order valence-electron chi connectivity index (χ2n) is 18.5. The molecule has 0 spiro atoms. The number of carbonyl (C=O) groups excluding carboxylic acids is 3. The Bertz CT molecular complexity index is 3900. The van der Waals surface area contributed by atoms with Crippen molar-refractivity contribution in [2.45, 2.75) is 55.1 Å². The molecule has 9 aromatic rings. The number of nitrogen functional groups attached to an aromatic ring is 1. The number of fused-ring (bicyclic) bond motifs is 3. The van der Waals surface area contributed by atoms with Gasteiger partial charge in [-0.15, -0.1) is 0 Å². The van der Waals surface area contributed by atoms with E-state index in [2.05, 4.69) is 29.9 Å². The lowest BCUT2D eigenvalue weighted by atomic mass is 10.0. The molecule has 0 radical (unpaired) electrons. The zero-order chi connectivity index (χ0) is 55.9. The number of furan rings is 3. The average Bonchev–Trinajstić information content (AvgIpc) is 4.37. The first-order valence-electron chi connectivity index (χ1n) is 24.3. The van der Waals surface area contributed by atoms with Crippen molar-refractivity contribution in [3.05, 3.63) is 196 Å². The maximum absolute atomic E-state index is 14.2. The number of hydrogen-bond acceptors (Lipinski definition) is 16. The molecule has 3 amide bonds. The van der Waals surface area contributed by atoms with Crippen LogP contribution in [0.5, 0.6) is 0 Å². The standard InChI is InChI=1S/C19H16FN3O4S.C19H16FN3O2S.C18H15FN4O2.CH4/c1-23-13(10-11-6-3-4-7-12(11)20)16-15(18(23)24)17(14-8-5-9-27-14)22-19(21-16)28(2,25)26;1-23-13(10-11-6-3-4-7-12(11)20)16-15(18(23)24)17(14-8-5-9-25-14)22-19(21-16)26-2;1-23-12(9-10-5-2-3-6-11(10)19)15-14(17(23)24)16(22-18(20)21-15)13-7-4-8-25-13;/h3-9,13H,10H2,1-2H3;3-9,13H,10H2,1-2H3;2-8,12H,9H2,1H3,(H2,20,21,22);1H4. The van der Waals surface area contributed by atoms with Gasteiger partial charge in [-0.05, 0) is 77.5 Å². The summed E-state index contributed by atoms with van der Waals surface area (Å²) in [6, 6.07) is 28.1. The summed E-state index contributed by atoms with van der Waals surface area (Å²) in [5.74, 6) is -0.516. The summed E-state index contributed by atoms with van der Waals surface area (Å²) in [5.41, 5.74) is 10.6. The topological polar surface area (TPSA) is 238 Å². The van der Waals surface area contributed by atoms with E-state index in [1.165, 1.54) is 52.3 Å². The Morgan fingerprint density at radius 3 is 1.21 bits per heavy atom.